The summed E-state index contributed by atoms with van der Waals surface area (Å²) in [6.07, 6.45) is 4.67. The highest BCUT2D eigenvalue weighted by molar-refractivity contribution is 5.86. The molecule has 0 aromatic rings. The number of carboxylic acids is 1. The maximum atomic E-state index is 12.2. The van der Waals surface area contributed by atoms with E-state index < -0.39 is 17.8 Å². The van der Waals surface area contributed by atoms with Crippen LogP contribution in [0.2, 0.25) is 0 Å². The molecule has 2 aliphatic rings. The lowest BCUT2D eigenvalue weighted by Gasteiger charge is -2.24. The van der Waals surface area contributed by atoms with Crippen molar-refractivity contribution in [2.75, 3.05) is 13.2 Å². The molecule has 5 heteroatoms. The van der Waals surface area contributed by atoms with Crippen LogP contribution < -0.4 is 5.32 Å². The van der Waals surface area contributed by atoms with Gasteiger partial charge in [-0.25, -0.2) is 0 Å². The zero-order chi connectivity index (χ0) is 14.0. The van der Waals surface area contributed by atoms with E-state index in [-0.39, 0.29) is 23.8 Å². The summed E-state index contributed by atoms with van der Waals surface area (Å²) in [6, 6.07) is 0. The second kappa shape index (κ2) is 5.74. The molecule has 0 aliphatic heterocycles. The average molecular weight is 267 g/mol. The molecule has 1 fully saturated rings. The number of nitrogens with one attached hydrogen (secondary N) is 1. The number of carboxylic acid groups (broad SMARTS) is 1. The van der Waals surface area contributed by atoms with Crippen LogP contribution in [0.25, 0.3) is 0 Å². The van der Waals surface area contributed by atoms with Gasteiger partial charge in [-0.1, -0.05) is 12.2 Å². The molecule has 0 heterocycles. The molecule has 5 unspecified atom stereocenters. The minimum absolute atomic E-state index is 0.0163. The molecule has 5 atom stereocenters. The first-order valence-corrected chi connectivity index (χ1v) is 6.85. The van der Waals surface area contributed by atoms with Crippen molar-refractivity contribution < 1.29 is 19.4 Å². The van der Waals surface area contributed by atoms with Gasteiger partial charge in [-0.05, 0) is 32.1 Å². The van der Waals surface area contributed by atoms with Crippen LogP contribution in [0.4, 0.5) is 0 Å². The van der Waals surface area contributed by atoms with Gasteiger partial charge in [0.25, 0.3) is 0 Å². The molecule has 2 N–H and O–H groups in total. The Bertz CT molecular complexity index is 393. The van der Waals surface area contributed by atoms with Crippen LogP contribution in [0.1, 0.15) is 20.3 Å². The Kier molecular flexibility index (Phi) is 4.24. The van der Waals surface area contributed by atoms with Gasteiger partial charge in [-0.2, -0.15) is 0 Å². The topological polar surface area (TPSA) is 75.6 Å². The smallest absolute Gasteiger partial charge is 0.307 e. The van der Waals surface area contributed by atoms with Crippen molar-refractivity contribution in [1.29, 1.82) is 0 Å². The molecule has 1 amide bonds. The first kappa shape index (κ1) is 14.1. The molecule has 106 valence electrons. The van der Waals surface area contributed by atoms with E-state index in [1.807, 2.05) is 26.0 Å². The summed E-state index contributed by atoms with van der Waals surface area (Å²) in [5, 5.41) is 12.1. The number of allylic oxidation sites excluding steroid dienone is 2. The SMILES string of the molecule is CCOC(C)CNC(=O)C1C2C=CC(C2)C1C(=O)O. The van der Waals surface area contributed by atoms with E-state index in [2.05, 4.69) is 5.32 Å². The molecular weight excluding hydrogens is 246 g/mol. The third-order valence-electron chi connectivity index (χ3n) is 4.06. The number of fused-ring (bicyclic) bond motifs is 2. The molecule has 0 aromatic carbocycles. The van der Waals surface area contributed by atoms with Gasteiger partial charge < -0.3 is 15.2 Å². The van der Waals surface area contributed by atoms with E-state index in [9.17, 15) is 14.7 Å². The molecule has 5 nitrogen and oxygen atoms in total. The Morgan fingerprint density at radius 2 is 2.00 bits per heavy atom. The van der Waals surface area contributed by atoms with Crippen molar-refractivity contribution in [3.8, 4) is 0 Å². The van der Waals surface area contributed by atoms with Gasteiger partial charge in [0.1, 0.15) is 0 Å². The Hall–Kier alpha value is -1.36. The number of carbonyl (C=O) groups excluding carboxylic acids is 1. The standard InChI is InChI=1S/C14H21NO4/c1-3-19-8(2)7-15-13(16)11-9-4-5-10(6-9)12(11)14(17)18/h4-5,8-12H,3,6-7H2,1-2H3,(H,15,16)(H,17,18). The Balaban J connectivity index is 1.95. The summed E-state index contributed by atoms with van der Waals surface area (Å²) < 4.78 is 5.35. The van der Waals surface area contributed by atoms with Crippen LogP contribution >= 0.6 is 0 Å². The van der Waals surface area contributed by atoms with Crippen LogP contribution in [0.15, 0.2) is 12.2 Å². The number of ether oxygens (including phenoxy) is 1. The van der Waals surface area contributed by atoms with Crippen molar-refractivity contribution in [1.82, 2.24) is 5.32 Å². The predicted octanol–water partition coefficient (Wildman–Crippen LogP) is 1.05. The van der Waals surface area contributed by atoms with Crippen molar-refractivity contribution in [2.24, 2.45) is 23.7 Å². The highest BCUT2D eigenvalue weighted by Crippen LogP contribution is 2.48. The molecule has 2 rings (SSSR count). The van der Waals surface area contributed by atoms with E-state index in [0.717, 1.165) is 6.42 Å². The summed E-state index contributed by atoms with van der Waals surface area (Å²) >= 11 is 0. The highest BCUT2D eigenvalue weighted by Gasteiger charge is 2.51. The third-order valence-corrected chi connectivity index (χ3v) is 4.06. The van der Waals surface area contributed by atoms with E-state index in [1.165, 1.54) is 0 Å². The molecule has 0 spiro atoms. The van der Waals surface area contributed by atoms with E-state index in [4.69, 9.17) is 4.74 Å². The molecule has 2 aliphatic carbocycles. The molecule has 19 heavy (non-hydrogen) atoms. The minimum atomic E-state index is -0.866. The Labute approximate surface area is 113 Å². The lowest BCUT2D eigenvalue weighted by atomic mass is 9.82. The Morgan fingerprint density at radius 1 is 1.37 bits per heavy atom. The zero-order valence-corrected chi connectivity index (χ0v) is 11.3. The van der Waals surface area contributed by atoms with Crippen molar-refractivity contribution in [3.63, 3.8) is 0 Å². The molecule has 2 bridgehead atoms. The number of aliphatic carboxylic acids is 1. The van der Waals surface area contributed by atoms with Crippen molar-refractivity contribution >= 4 is 11.9 Å². The average Bonchev–Trinajstić information content (AvgIpc) is 2.96. The molecular formula is C14H21NO4. The van der Waals surface area contributed by atoms with Gasteiger partial charge in [0, 0.05) is 13.2 Å². The van der Waals surface area contributed by atoms with E-state index in [0.29, 0.717) is 13.2 Å². The van der Waals surface area contributed by atoms with Gasteiger partial charge in [0.05, 0.1) is 17.9 Å². The maximum absolute atomic E-state index is 12.2. The second-order valence-corrected chi connectivity index (χ2v) is 5.35. The van der Waals surface area contributed by atoms with Crippen LogP contribution in [-0.2, 0) is 14.3 Å². The number of amides is 1. The Morgan fingerprint density at radius 3 is 2.58 bits per heavy atom. The number of carbonyl (C=O) groups is 2. The van der Waals surface area contributed by atoms with Gasteiger partial charge >= 0.3 is 5.97 Å². The largest absolute Gasteiger partial charge is 0.481 e. The monoisotopic (exact) mass is 267 g/mol. The van der Waals surface area contributed by atoms with Crippen LogP contribution in [0, 0.1) is 23.7 Å². The summed E-state index contributed by atoms with van der Waals surface area (Å²) in [7, 11) is 0. The number of hydrogen-bond acceptors (Lipinski definition) is 3. The lowest BCUT2D eigenvalue weighted by molar-refractivity contribution is -0.147. The van der Waals surface area contributed by atoms with Crippen molar-refractivity contribution in [3.05, 3.63) is 12.2 Å². The summed E-state index contributed by atoms with van der Waals surface area (Å²) in [5.41, 5.74) is 0. The normalized spacial score (nSPS) is 33.4. The second-order valence-electron chi connectivity index (χ2n) is 5.35. The number of hydrogen-bond donors (Lipinski definition) is 2. The lowest BCUT2D eigenvalue weighted by Crippen LogP contribution is -2.42. The predicted molar refractivity (Wildman–Crippen MR) is 69.5 cm³/mol. The van der Waals surface area contributed by atoms with Gasteiger partial charge in [-0.3, -0.25) is 9.59 Å². The van der Waals surface area contributed by atoms with Crippen LogP contribution in [0.5, 0.6) is 0 Å². The zero-order valence-electron chi connectivity index (χ0n) is 11.3. The van der Waals surface area contributed by atoms with Gasteiger partial charge in [-0.15, -0.1) is 0 Å². The fourth-order valence-electron chi connectivity index (χ4n) is 3.22. The van der Waals surface area contributed by atoms with Crippen molar-refractivity contribution in [2.45, 2.75) is 26.4 Å². The number of rotatable bonds is 6. The molecule has 1 saturated carbocycles. The highest BCUT2D eigenvalue weighted by atomic mass is 16.5. The third kappa shape index (κ3) is 2.81. The van der Waals surface area contributed by atoms with Gasteiger partial charge in [0.15, 0.2) is 0 Å². The fraction of sp³-hybridized carbons (Fsp3) is 0.714. The van der Waals surface area contributed by atoms with Gasteiger partial charge in [0.2, 0.25) is 5.91 Å². The van der Waals surface area contributed by atoms with E-state index in [1.54, 1.807) is 0 Å². The minimum Gasteiger partial charge on any atom is -0.481 e. The maximum Gasteiger partial charge on any atom is 0.307 e. The first-order chi connectivity index (χ1) is 9.04. The summed E-state index contributed by atoms with van der Waals surface area (Å²) in [4.78, 5) is 23.5. The summed E-state index contributed by atoms with van der Waals surface area (Å²) in [5.74, 6) is -1.93. The molecule has 0 saturated heterocycles. The fourth-order valence-corrected chi connectivity index (χ4v) is 3.22. The summed E-state index contributed by atoms with van der Waals surface area (Å²) in [6.45, 7) is 4.82. The quantitative estimate of drug-likeness (QED) is 0.705. The first-order valence-electron chi connectivity index (χ1n) is 6.85. The van der Waals surface area contributed by atoms with Crippen LogP contribution in [-0.4, -0.2) is 36.2 Å². The van der Waals surface area contributed by atoms with Crippen LogP contribution in [0.3, 0.4) is 0 Å². The molecule has 0 radical (unpaired) electrons. The van der Waals surface area contributed by atoms with E-state index >= 15 is 0 Å². The molecule has 0 aromatic heterocycles.